The van der Waals surface area contributed by atoms with E-state index in [-0.39, 0.29) is 19.0 Å². The Morgan fingerprint density at radius 2 is 1.78 bits per heavy atom. The smallest absolute Gasteiger partial charge is 0.337 e. The van der Waals surface area contributed by atoms with Crippen LogP contribution < -0.4 is 25.8 Å². The summed E-state index contributed by atoms with van der Waals surface area (Å²) in [7, 11) is 1.31. The molecule has 0 atom stereocenters. The van der Waals surface area contributed by atoms with Gasteiger partial charge in [0.25, 0.3) is 0 Å². The summed E-state index contributed by atoms with van der Waals surface area (Å²) in [6.45, 7) is 4.44. The molecule has 0 aliphatic carbocycles. The first-order chi connectivity index (χ1) is 17.4. The Balaban J connectivity index is 1.69. The van der Waals surface area contributed by atoms with Crippen LogP contribution in [0.1, 0.15) is 39.8 Å². The van der Waals surface area contributed by atoms with Crippen molar-refractivity contribution in [3.63, 3.8) is 0 Å². The van der Waals surface area contributed by atoms with Crippen molar-refractivity contribution in [1.82, 2.24) is 4.98 Å². The van der Waals surface area contributed by atoms with E-state index in [4.69, 9.17) is 30.5 Å². The van der Waals surface area contributed by atoms with Gasteiger partial charge in [-0.15, -0.1) is 0 Å². The Kier molecular flexibility index (Phi) is 9.27. The number of ether oxygens (including phenoxy) is 4. The number of methoxy groups -OCH3 is 1. The molecule has 0 spiro atoms. The lowest BCUT2D eigenvalue weighted by Crippen LogP contribution is -2.23. The highest BCUT2D eigenvalue weighted by molar-refractivity contribution is 5.90. The van der Waals surface area contributed by atoms with E-state index >= 15 is 0 Å². The highest BCUT2D eigenvalue weighted by Gasteiger charge is 2.13. The maximum atomic E-state index is 11.9. The summed E-state index contributed by atoms with van der Waals surface area (Å²) in [4.78, 5) is 16.6. The number of aryl methyl sites for hydroxylation is 1. The van der Waals surface area contributed by atoms with E-state index in [9.17, 15) is 4.79 Å². The molecule has 0 aliphatic heterocycles. The number of carbonyl (C=O) groups is 1. The van der Waals surface area contributed by atoms with Crippen molar-refractivity contribution in [2.45, 2.75) is 27.1 Å². The Bertz CT molecular complexity index is 1260. The lowest BCUT2D eigenvalue weighted by molar-refractivity contribution is 0.0600. The molecule has 1 heterocycles. The lowest BCUT2D eigenvalue weighted by atomic mass is 10.1. The predicted molar refractivity (Wildman–Crippen MR) is 138 cm³/mol. The number of esters is 1. The van der Waals surface area contributed by atoms with Crippen LogP contribution in [-0.4, -0.2) is 30.5 Å². The van der Waals surface area contributed by atoms with E-state index < -0.39 is 5.97 Å². The monoisotopic (exact) mass is 490 g/mol. The number of amidine groups is 1. The minimum absolute atomic E-state index is 0.0414. The Morgan fingerprint density at radius 1 is 1.03 bits per heavy atom. The molecule has 0 radical (unpaired) electrons. The number of hydrogen-bond acceptors (Lipinski definition) is 8. The van der Waals surface area contributed by atoms with Crippen LogP contribution in [0, 0.1) is 6.92 Å². The number of hydrazone groups is 1. The van der Waals surface area contributed by atoms with Gasteiger partial charge in [-0.05, 0) is 55.8 Å². The molecule has 1 aromatic heterocycles. The molecule has 0 saturated carbocycles. The lowest BCUT2D eigenvalue weighted by Gasteiger charge is -2.14. The summed E-state index contributed by atoms with van der Waals surface area (Å²) in [6, 6.07) is 16.2. The summed E-state index contributed by atoms with van der Waals surface area (Å²) < 4.78 is 22.4. The second kappa shape index (κ2) is 12.8. The van der Waals surface area contributed by atoms with Gasteiger partial charge in [-0.2, -0.15) is 5.10 Å². The van der Waals surface area contributed by atoms with Crippen molar-refractivity contribution in [3.8, 4) is 17.2 Å². The van der Waals surface area contributed by atoms with E-state index in [1.165, 1.54) is 7.11 Å². The van der Waals surface area contributed by atoms with Crippen molar-refractivity contribution in [2.75, 3.05) is 13.7 Å². The molecule has 3 rings (SSSR count). The van der Waals surface area contributed by atoms with E-state index in [0.29, 0.717) is 35.0 Å². The van der Waals surface area contributed by atoms with Crippen LogP contribution in [0.4, 0.5) is 0 Å². The number of nitrogens with two attached hydrogens (primary N) is 2. The molecule has 0 bridgehead atoms. The third-order valence-electron chi connectivity index (χ3n) is 5.13. The number of benzene rings is 2. The van der Waals surface area contributed by atoms with Gasteiger partial charge in [0, 0.05) is 11.6 Å². The average Bonchev–Trinajstić information content (AvgIpc) is 2.91. The number of allylic oxidation sites excluding steroid dienone is 1. The summed E-state index contributed by atoms with van der Waals surface area (Å²) in [6.07, 6.45) is 3.93. The summed E-state index contributed by atoms with van der Waals surface area (Å²) in [5.74, 6) is 6.45. The quantitative estimate of drug-likeness (QED) is 0.136. The number of carbonyl (C=O) groups excluding carboxylic acids is 1. The van der Waals surface area contributed by atoms with Gasteiger partial charge in [-0.3, -0.25) is 0 Å². The van der Waals surface area contributed by atoms with Crippen LogP contribution in [0.15, 0.2) is 65.8 Å². The zero-order chi connectivity index (χ0) is 25.9. The van der Waals surface area contributed by atoms with Crippen LogP contribution in [0.5, 0.6) is 17.2 Å². The SMILES string of the molecule is C/C=C\c1nc(COc2cccc(OCc3ccc(C(=O)OC)cc3OC/C(N)=N/N)c2)ccc1C. The number of aromatic nitrogens is 1. The van der Waals surface area contributed by atoms with Crippen molar-refractivity contribution in [2.24, 2.45) is 16.7 Å². The molecule has 188 valence electrons. The maximum Gasteiger partial charge on any atom is 0.337 e. The van der Waals surface area contributed by atoms with Crippen LogP contribution in [0.3, 0.4) is 0 Å². The highest BCUT2D eigenvalue weighted by Crippen LogP contribution is 2.25. The standard InChI is InChI=1S/C27H30N4O5/c1-4-6-24-18(2)9-12-21(30-24)16-35-23-8-5-7-22(14-23)34-15-20-11-10-19(27(32)33-3)13-25(20)36-17-26(28)31-29/h4-14H,15-17,29H2,1-3H3,(H2,28,31)/b6-4-. The third kappa shape index (κ3) is 7.23. The number of pyridine rings is 1. The van der Waals surface area contributed by atoms with Crippen molar-refractivity contribution < 1.29 is 23.7 Å². The molecule has 0 amide bonds. The largest absolute Gasteiger partial charge is 0.489 e. The zero-order valence-corrected chi connectivity index (χ0v) is 20.6. The van der Waals surface area contributed by atoms with Gasteiger partial charge < -0.3 is 30.5 Å². The average molecular weight is 491 g/mol. The fourth-order valence-corrected chi connectivity index (χ4v) is 3.21. The van der Waals surface area contributed by atoms with Crippen molar-refractivity contribution in [3.05, 3.63) is 88.8 Å². The molecule has 4 N–H and O–H groups in total. The normalized spacial score (nSPS) is 11.4. The van der Waals surface area contributed by atoms with E-state index in [0.717, 1.165) is 17.0 Å². The summed E-state index contributed by atoms with van der Waals surface area (Å²) >= 11 is 0. The molecule has 0 unspecified atom stereocenters. The van der Waals surface area contributed by atoms with E-state index in [1.54, 1.807) is 24.3 Å². The van der Waals surface area contributed by atoms with Gasteiger partial charge in [0.1, 0.15) is 37.1 Å². The fraction of sp³-hybridized carbons (Fsp3) is 0.222. The molecule has 0 fully saturated rings. The van der Waals surface area contributed by atoms with Crippen molar-refractivity contribution in [1.29, 1.82) is 0 Å². The minimum atomic E-state index is -0.487. The molecule has 9 nitrogen and oxygen atoms in total. The third-order valence-corrected chi connectivity index (χ3v) is 5.13. The molecule has 3 aromatic rings. The van der Waals surface area contributed by atoms with Gasteiger partial charge in [-0.25, -0.2) is 9.78 Å². The molecule has 0 saturated heterocycles. The van der Waals surface area contributed by atoms with Crippen LogP contribution in [-0.2, 0) is 18.0 Å². The number of nitrogens with zero attached hydrogens (tertiary/aromatic N) is 2. The van der Waals surface area contributed by atoms with Gasteiger partial charge in [0.05, 0.1) is 24.1 Å². The molecule has 0 aliphatic rings. The van der Waals surface area contributed by atoms with Crippen LogP contribution >= 0.6 is 0 Å². The maximum absolute atomic E-state index is 11.9. The Labute approximate surface area is 210 Å². The highest BCUT2D eigenvalue weighted by atomic mass is 16.5. The van der Waals surface area contributed by atoms with Crippen LogP contribution in [0.25, 0.3) is 6.08 Å². The van der Waals surface area contributed by atoms with Gasteiger partial charge in [0.2, 0.25) is 0 Å². The van der Waals surface area contributed by atoms with Gasteiger partial charge in [0.15, 0.2) is 5.84 Å². The molecular weight excluding hydrogens is 460 g/mol. The number of rotatable bonds is 11. The summed E-state index contributed by atoms with van der Waals surface area (Å²) in [5, 5.41) is 3.39. The number of hydrogen-bond donors (Lipinski definition) is 2. The molecular formula is C27H30N4O5. The Hall–Kier alpha value is -4.53. The predicted octanol–water partition coefficient (Wildman–Crippen LogP) is 3.98. The van der Waals surface area contributed by atoms with Gasteiger partial charge in [-0.1, -0.05) is 24.3 Å². The van der Waals surface area contributed by atoms with E-state index in [2.05, 4.69) is 10.1 Å². The Morgan fingerprint density at radius 3 is 2.47 bits per heavy atom. The second-order valence-corrected chi connectivity index (χ2v) is 7.78. The molecule has 2 aromatic carbocycles. The van der Waals surface area contributed by atoms with E-state index in [1.807, 2.05) is 56.3 Å². The van der Waals surface area contributed by atoms with Crippen molar-refractivity contribution >= 4 is 17.9 Å². The fourth-order valence-electron chi connectivity index (χ4n) is 3.21. The zero-order valence-electron chi connectivity index (χ0n) is 20.6. The first kappa shape index (κ1) is 26.1. The second-order valence-electron chi connectivity index (χ2n) is 7.78. The molecule has 9 heteroatoms. The first-order valence-corrected chi connectivity index (χ1v) is 11.2. The molecule has 36 heavy (non-hydrogen) atoms. The minimum Gasteiger partial charge on any atom is -0.489 e. The summed E-state index contributed by atoms with van der Waals surface area (Å²) in [5.41, 5.74) is 9.51. The topological polar surface area (TPSA) is 131 Å². The van der Waals surface area contributed by atoms with Crippen LogP contribution in [0.2, 0.25) is 0 Å². The van der Waals surface area contributed by atoms with Gasteiger partial charge >= 0.3 is 5.97 Å². The first-order valence-electron chi connectivity index (χ1n) is 11.2.